The van der Waals surface area contributed by atoms with Crippen molar-refractivity contribution < 1.29 is 18.7 Å². The Hall–Kier alpha value is -3.94. The average Bonchev–Trinajstić information content (AvgIpc) is 3.10. The fourth-order valence-corrected chi connectivity index (χ4v) is 3.64. The Bertz CT molecular complexity index is 1090. The van der Waals surface area contributed by atoms with Gasteiger partial charge in [-0.1, -0.05) is 30.3 Å². The Morgan fingerprint density at radius 2 is 1.73 bits per heavy atom. The minimum atomic E-state index is -0.572. The lowest BCUT2D eigenvalue weighted by Crippen LogP contribution is -2.38. The van der Waals surface area contributed by atoms with Gasteiger partial charge < -0.3 is 19.9 Å². The van der Waals surface area contributed by atoms with Crippen LogP contribution >= 0.6 is 0 Å². The number of benzene rings is 2. The number of nitrogens with zero attached hydrogens (tertiary/aromatic N) is 3. The highest BCUT2D eigenvalue weighted by molar-refractivity contribution is 6.04. The molecule has 2 amide bonds. The molecule has 2 heterocycles. The summed E-state index contributed by atoms with van der Waals surface area (Å²) in [7, 11) is 0. The number of pyridine rings is 1. The van der Waals surface area contributed by atoms with Gasteiger partial charge in [-0.3, -0.25) is 9.59 Å². The standard InChI is InChI=1S/C25H25FN4O3/c26-22-10-5-4-9-21(22)25(32)28-19-11-12-23(27-17-19)29-13-6-14-30(16-15-29)24(31)18-33-20-7-2-1-3-8-20/h1-5,7-12,17H,6,13-16,18H2,(H,28,32). The molecule has 1 N–H and O–H groups in total. The summed E-state index contributed by atoms with van der Waals surface area (Å²) in [6.07, 6.45) is 2.36. The molecule has 0 saturated carbocycles. The number of hydrogen-bond donors (Lipinski definition) is 1. The molecule has 7 nitrogen and oxygen atoms in total. The summed E-state index contributed by atoms with van der Waals surface area (Å²) in [6.45, 7) is 2.65. The van der Waals surface area contributed by atoms with Crippen molar-refractivity contribution in [3.8, 4) is 5.75 Å². The second-order valence-electron chi connectivity index (χ2n) is 7.66. The molecule has 0 bridgehead atoms. The molecule has 1 aliphatic heterocycles. The van der Waals surface area contributed by atoms with E-state index >= 15 is 0 Å². The third-order valence-corrected chi connectivity index (χ3v) is 5.40. The zero-order chi connectivity index (χ0) is 23.0. The van der Waals surface area contributed by atoms with Crippen molar-refractivity contribution in [3.05, 3.63) is 84.3 Å². The SMILES string of the molecule is O=C(Nc1ccc(N2CCCN(C(=O)COc3ccccc3)CC2)nc1)c1ccccc1F. The van der Waals surface area contributed by atoms with Crippen LogP contribution in [0.2, 0.25) is 0 Å². The third-order valence-electron chi connectivity index (χ3n) is 5.40. The minimum absolute atomic E-state index is 0.0126. The van der Waals surface area contributed by atoms with E-state index in [2.05, 4.69) is 15.2 Å². The lowest BCUT2D eigenvalue weighted by Gasteiger charge is -2.23. The van der Waals surface area contributed by atoms with Crippen molar-refractivity contribution >= 4 is 23.3 Å². The second kappa shape index (κ2) is 10.6. The summed E-state index contributed by atoms with van der Waals surface area (Å²) < 4.78 is 19.4. The molecule has 1 fully saturated rings. The van der Waals surface area contributed by atoms with Gasteiger partial charge in [-0.25, -0.2) is 9.37 Å². The predicted octanol–water partition coefficient (Wildman–Crippen LogP) is 3.59. The van der Waals surface area contributed by atoms with Gasteiger partial charge in [-0.15, -0.1) is 0 Å². The second-order valence-corrected chi connectivity index (χ2v) is 7.66. The molecular formula is C25H25FN4O3. The van der Waals surface area contributed by atoms with E-state index in [1.807, 2.05) is 41.3 Å². The van der Waals surface area contributed by atoms with Crippen LogP contribution in [-0.2, 0) is 4.79 Å². The first-order valence-electron chi connectivity index (χ1n) is 10.8. The van der Waals surface area contributed by atoms with Gasteiger partial charge in [0, 0.05) is 26.2 Å². The van der Waals surface area contributed by atoms with Crippen molar-refractivity contribution in [1.29, 1.82) is 0 Å². The van der Waals surface area contributed by atoms with Gasteiger partial charge in [0.2, 0.25) is 0 Å². The van der Waals surface area contributed by atoms with E-state index in [0.717, 1.165) is 18.8 Å². The van der Waals surface area contributed by atoms with Crippen LogP contribution in [0.4, 0.5) is 15.9 Å². The first-order valence-corrected chi connectivity index (χ1v) is 10.8. The van der Waals surface area contributed by atoms with Gasteiger partial charge >= 0.3 is 0 Å². The molecule has 0 unspecified atom stereocenters. The molecule has 0 aliphatic carbocycles. The summed E-state index contributed by atoms with van der Waals surface area (Å²) in [5.74, 6) is 0.295. The highest BCUT2D eigenvalue weighted by atomic mass is 19.1. The molecular weight excluding hydrogens is 423 g/mol. The van der Waals surface area contributed by atoms with Gasteiger partial charge in [0.25, 0.3) is 11.8 Å². The molecule has 170 valence electrons. The van der Waals surface area contributed by atoms with E-state index in [0.29, 0.717) is 31.1 Å². The van der Waals surface area contributed by atoms with Crippen molar-refractivity contribution in [2.75, 3.05) is 43.0 Å². The van der Waals surface area contributed by atoms with E-state index in [-0.39, 0.29) is 18.1 Å². The van der Waals surface area contributed by atoms with Gasteiger partial charge in [0.05, 0.1) is 17.4 Å². The van der Waals surface area contributed by atoms with E-state index in [1.54, 1.807) is 18.3 Å². The normalized spacial score (nSPS) is 13.8. The monoisotopic (exact) mass is 448 g/mol. The summed E-state index contributed by atoms with van der Waals surface area (Å²) >= 11 is 0. The maximum atomic E-state index is 13.8. The van der Waals surface area contributed by atoms with Gasteiger partial charge in [0.1, 0.15) is 17.4 Å². The molecule has 0 spiro atoms. The molecule has 3 aromatic rings. The number of nitrogens with one attached hydrogen (secondary N) is 1. The number of carbonyl (C=O) groups is 2. The Balaban J connectivity index is 1.30. The first-order chi connectivity index (χ1) is 16.1. The first kappa shape index (κ1) is 22.3. The number of halogens is 1. The number of amides is 2. The molecule has 0 atom stereocenters. The number of rotatable bonds is 6. The molecule has 1 aliphatic rings. The largest absolute Gasteiger partial charge is 0.484 e. The van der Waals surface area contributed by atoms with Gasteiger partial charge in [0.15, 0.2) is 6.61 Å². The number of ether oxygens (including phenoxy) is 1. The Labute approximate surface area is 191 Å². The van der Waals surface area contributed by atoms with E-state index in [9.17, 15) is 14.0 Å². The number of hydrogen-bond acceptors (Lipinski definition) is 5. The topological polar surface area (TPSA) is 74.8 Å². The van der Waals surface area contributed by atoms with Gasteiger partial charge in [-0.2, -0.15) is 0 Å². The molecule has 2 aromatic carbocycles. The molecule has 0 radical (unpaired) electrons. The quantitative estimate of drug-likeness (QED) is 0.624. The summed E-state index contributed by atoms with van der Waals surface area (Å²) in [6, 6.07) is 18.7. The van der Waals surface area contributed by atoms with Crippen molar-refractivity contribution in [2.24, 2.45) is 0 Å². The van der Waals surface area contributed by atoms with Gasteiger partial charge in [-0.05, 0) is 42.8 Å². The van der Waals surface area contributed by atoms with Crippen LogP contribution in [-0.4, -0.2) is 54.5 Å². The van der Waals surface area contributed by atoms with Crippen molar-refractivity contribution in [1.82, 2.24) is 9.88 Å². The molecule has 1 saturated heterocycles. The summed E-state index contributed by atoms with van der Waals surface area (Å²) in [5.41, 5.74) is 0.465. The van der Waals surface area contributed by atoms with Crippen molar-refractivity contribution in [3.63, 3.8) is 0 Å². The Kier molecular flexibility index (Phi) is 7.14. The van der Waals surface area contributed by atoms with Crippen LogP contribution in [0, 0.1) is 5.82 Å². The van der Waals surface area contributed by atoms with Crippen LogP contribution in [0.15, 0.2) is 72.9 Å². The maximum Gasteiger partial charge on any atom is 0.260 e. The number of aromatic nitrogens is 1. The van der Waals surface area contributed by atoms with Crippen LogP contribution in [0.3, 0.4) is 0 Å². The van der Waals surface area contributed by atoms with E-state index in [1.165, 1.54) is 18.2 Å². The zero-order valence-electron chi connectivity index (χ0n) is 18.1. The highest BCUT2D eigenvalue weighted by Crippen LogP contribution is 2.18. The fraction of sp³-hybridized carbons (Fsp3) is 0.240. The molecule has 33 heavy (non-hydrogen) atoms. The highest BCUT2D eigenvalue weighted by Gasteiger charge is 2.20. The lowest BCUT2D eigenvalue weighted by atomic mass is 10.2. The molecule has 4 rings (SSSR count). The maximum absolute atomic E-state index is 13.8. The van der Waals surface area contributed by atoms with Crippen LogP contribution < -0.4 is 15.0 Å². The van der Waals surface area contributed by atoms with Crippen LogP contribution in [0.5, 0.6) is 5.75 Å². The number of carbonyl (C=O) groups excluding carboxylic acids is 2. The van der Waals surface area contributed by atoms with E-state index in [4.69, 9.17) is 4.74 Å². The summed E-state index contributed by atoms with van der Waals surface area (Å²) in [4.78, 5) is 33.2. The fourth-order valence-electron chi connectivity index (χ4n) is 3.64. The zero-order valence-corrected chi connectivity index (χ0v) is 18.1. The number of para-hydroxylation sites is 1. The Morgan fingerprint density at radius 1 is 0.939 bits per heavy atom. The van der Waals surface area contributed by atoms with Crippen LogP contribution in [0.1, 0.15) is 16.8 Å². The lowest BCUT2D eigenvalue weighted by molar-refractivity contribution is -0.133. The predicted molar refractivity (Wildman–Crippen MR) is 124 cm³/mol. The van der Waals surface area contributed by atoms with Crippen molar-refractivity contribution in [2.45, 2.75) is 6.42 Å². The average molecular weight is 448 g/mol. The Morgan fingerprint density at radius 3 is 2.48 bits per heavy atom. The molecule has 1 aromatic heterocycles. The van der Waals surface area contributed by atoms with Crippen LogP contribution in [0.25, 0.3) is 0 Å². The smallest absolute Gasteiger partial charge is 0.260 e. The van der Waals surface area contributed by atoms with E-state index < -0.39 is 11.7 Å². The molecule has 8 heteroatoms. The number of anilines is 2. The third kappa shape index (κ3) is 5.85. The summed E-state index contributed by atoms with van der Waals surface area (Å²) in [5, 5.41) is 2.66. The minimum Gasteiger partial charge on any atom is -0.484 e.